The third kappa shape index (κ3) is 5.50. The average molecular weight is 498 g/mol. The fourth-order valence-electron chi connectivity index (χ4n) is 4.55. The minimum atomic E-state index is -4.03. The molecule has 1 aliphatic heterocycles. The quantitative estimate of drug-likeness (QED) is 0.244. The van der Waals surface area contributed by atoms with E-state index >= 15 is 0 Å². The molecule has 0 aliphatic carbocycles. The van der Waals surface area contributed by atoms with E-state index in [0.29, 0.717) is 12.4 Å². The molecular weight excluding hydrogens is 466 g/mol. The summed E-state index contributed by atoms with van der Waals surface area (Å²) in [5.41, 5.74) is 2.86. The number of hydrogen-bond acceptors (Lipinski definition) is 6. The Morgan fingerprint density at radius 3 is 2.37 bits per heavy atom. The van der Waals surface area contributed by atoms with Crippen molar-refractivity contribution in [3.63, 3.8) is 0 Å². The van der Waals surface area contributed by atoms with Crippen LogP contribution in [0.15, 0.2) is 71.6 Å². The number of carbonyl (C=O) groups excluding carboxylic acids is 1. The number of ether oxygens (including phenoxy) is 2. The minimum absolute atomic E-state index is 0.0147. The van der Waals surface area contributed by atoms with Gasteiger partial charge in [-0.25, -0.2) is 13.9 Å². The second kappa shape index (κ2) is 11.2. The largest absolute Gasteiger partial charge is 0.494 e. The van der Waals surface area contributed by atoms with Crippen LogP contribution in [0.1, 0.15) is 37.7 Å². The van der Waals surface area contributed by atoms with E-state index in [-0.39, 0.29) is 31.0 Å². The number of unbranched alkanes of at least 4 members (excludes halogenated alkanes) is 2. The predicted octanol–water partition coefficient (Wildman–Crippen LogP) is 4.46. The highest BCUT2D eigenvalue weighted by molar-refractivity contribution is 7.93. The van der Waals surface area contributed by atoms with Crippen molar-refractivity contribution in [2.24, 2.45) is 0 Å². The molecule has 1 amide bonds. The van der Waals surface area contributed by atoms with Gasteiger partial charge < -0.3 is 9.47 Å². The topological polar surface area (TPSA) is 102 Å². The Kier molecular flexibility index (Phi) is 8.05. The Balaban J connectivity index is 1.27. The molecule has 0 aromatic heterocycles. The van der Waals surface area contributed by atoms with E-state index in [1.807, 2.05) is 6.07 Å². The molecule has 0 atom stereocenters. The lowest BCUT2D eigenvalue weighted by Crippen LogP contribution is -2.54. The summed E-state index contributed by atoms with van der Waals surface area (Å²) in [5, 5.41) is 11.7. The van der Waals surface area contributed by atoms with Crippen LogP contribution in [0.3, 0.4) is 0 Å². The summed E-state index contributed by atoms with van der Waals surface area (Å²) in [4.78, 5) is 12.4. The van der Waals surface area contributed by atoms with E-state index in [2.05, 4.69) is 36.4 Å². The maximum atomic E-state index is 13.3. The first-order valence-electron chi connectivity index (χ1n) is 11.9. The third-order valence-corrected chi connectivity index (χ3v) is 9.17. The van der Waals surface area contributed by atoms with Gasteiger partial charge in [0.25, 0.3) is 5.91 Å². The highest BCUT2D eigenvalue weighted by Crippen LogP contribution is 2.35. The van der Waals surface area contributed by atoms with E-state index in [0.717, 1.165) is 25.7 Å². The lowest BCUT2D eigenvalue weighted by Gasteiger charge is -2.34. The van der Waals surface area contributed by atoms with E-state index in [4.69, 9.17) is 14.7 Å². The number of nitrogens with one attached hydrogen (secondary N) is 1. The molecule has 3 aromatic carbocycles. The zero-order valence-electron chi connectivity index (χ0n) is 19.6. The fraction of sp³-hybridized carbons (Fsp3) is 0.370. The molecule has 0 unspecified atom stereocenters. The summed E-state index contributed by atoms with van der Waals surface area (Å²) in [6, 6.07) is 21.1. The monoisotopic (exact) mass is 497 g/mol. The Morgan fingerprint density at radius 2 is 1.66 bits per heavy atom. The minimum Gasteiger partial charge on any atom is -0.494 e. The van der Waals surface area contributed by atoms with Gasteiger partial charge in [-0.1, -0.05) is 42.5 Å². The molecule has 1 fully saturated rings. The van der Waals surface area contributed by atoms with Gasteiger partial charge in [0.15, 0.2) is 14.6 Å². The van der Waals surface area contributed by atoms with Gasteiger partial charge in [-0.3, -0.25) is 10.0 Å². The Bertz CT molecular complexity index is 1250. The van der Waals surface area contributed by atoms with E-state index in [1.54, 1.807) is 12.1 Å². The normalized spacial score (nSPS) is 15.6. The van der Waals surface area contributed by atoms with Crippen LogP contribution in [0.5, 0.6) is 5.75 Å². The van der Waals surface area contributed by atoms with E-state index in [1.165, 1.54) is 33.9 Å². The zero-order chi connectivity index (χ0) is 24.7. The fourth-order valence-corrected chi connectivity index (χ4v) is 6.49. The summed E-state index contributed by atoms with van der Waals surface area (Å²) in [6.07, 6.45) is 3.98. The Hall–Kier alpha value is -2.94. The molecular formula is C27H31NO6S. The molecule has 3 aromatic rings. The molecule has 0 bridgehead atoms. The Labute approximate surface area is 205 Å². The van der Waals surface area contributed by atoms with Crippen molar-refractivity contribution in [1.29, 1.82) is 0 Å². The second-order valence-corrected chi connectivity index (χ2v) is 11.1. The third-order valence-electron chi connectivity index (χ3n) is 6.66. The SMILES string of the molecule is O=C(NO)C1(S(=O)(=O)c2ccc(OCCCCCc3ccc4ccccc4c3)cc2)CCOCC1. The van der Waals surface area contributed by atoms with Crippen LogP contribution in [0.2, 0.25) is 0 Å². The molecule has 1 heterocycles. The molecule has 7 nitrogen and oxygen atoms in total. The van der Waals surface area contributed by atoms with Crippen molar-refractivity contribution < 1.29 is 27.9 Å². The van der Waals surface area contributed by atoms with E-state index in [9.17, 15) is 13.2 Å². The molecule has 2 N–H and O–H groups in total. The maximum absolute atomic E-state index is 13.3. The van der Waals surface area contributed by atoms with Crippen LogP contribution in [0.25, 0.3) is 10.8 Å². The number of carbonyl (C=O) groups is 1. The van der Waals surface area contributed by atoms with Gasteiger partial charge in [0.05, 0.1) is 11.5 Å². The number of hydrogen-bond donors (Lipinski definition) is 2. The van der Waals surface area contributed by atoms with Gasteiger partial charge in [0, 0.05) is 13.2 Å². The summed E-state index contributed by atoms with van der Waals surface area (Å²) in [5.74, 6) is -0.351. The van der Waals surface area contributed by atoms with E-state index < -0.39 is 20.5 Å². The first kappa shape index (κ1) is 25.2. The molecule has 0 spiro atoms. The van der Waals surface area contributed by atoms with Crippen LogP contribution in [-0.4, -0.2) is 44.1 Å². The number of benzene rings is 3. The molecule has 8 heteroatoms. The lowest BCUT2D eigenvalue weighted by atomic mass is 9.98. The summed E-state index contributed by atoms with van der Waals surface area (Å²) >= 11 is 0. The predicted molar refractivity (Wildman–Crippen MR) is 133 cm³/mol. The van der Waals surface area contributed by atoms with Gasteiger partial charge in [0.2, 0.25) is 0 Å². The van der Waals surface area contributed by atoms with Crippen molar-refractivity contribution in [2.45, 2.75) is 48.2 Å². The van der Waals surface area contributed by atoms with Crippen LogP contribution in [0, 0.1) is 0 Å². The molecule has 0 radical (unpaired) electrons. The number of rotatable bonds is 10. The molecule has 186 valence electrons. The van der Waals surface area contributed by atoms with Crippen molar-refractivity contribution >= 4 is 26.5 Å². The van der Waals surface area contributed by atoms with Crippen molar-refractivity contribution in [3.8, 4) is 5.75 Å². The van der Waals surface area contributed by atoms with Gasteiger partial charge >= 0.3 is 0 Å². The van der Waals surface area contributed by atoms with Crippen molar-refractivity contribution in [2.75, 3.05) is 19.8 Å². The van der Waals surface area contributed by atoms with Crippen LogP contribution in [-0.2, 0) is 25.8 Å². The second-order valence-electron chi connectivity index (χ2n) is 8.86. The van der Waals surface area contributed by atoms with Crippen molar-refractivity contribution in [1.82, 2.24) is 5.48 Å². The molecule has 4 rings (SSSR count). The summed E-state index contributed by atoms with van der Waals surface area (Å²) in [7, 11) is -4.03. The van der Waals surface area contributed by atoms with Gasteiger partial charge in [-0.2, -0.15) is 0 Å². The highest BCUT2D eigenvalue weighted by atomic mass is 32.2. The first-order valence-corrected chi connectivity index (χ1v) is 13.4. The summed E-state index contributed by atoms with van der Waals surface area (Å²) < 4.78 is 35.8. The average Bonchev–Trinajstić information content (AvgIpc) is 2.90. The number of aryl methyl sites for hydroxylation is 1. The van der Waals surface area contributed by atoms with Gasteiger partial charge in [0.1, 0.15) is 5.75 Å². The standard InChI is InChI=1S/C27H31NO6S/c29-26(28-30)27(15-18-33-19-16-27)35(31,32)25-13-11-24(12-14-25)34-17-5-1-2-6-21-9-10-22-7-3-4-8-23(22)20-21/h3-4,7-14,20,30H,1-2,5-6,15-19H2,(H,28,29). The van der Waals surface area contributed by atoms with Crippen molar-refractivity contribution in [3.05, 3.63) is 72.3 Å². The number of amides is 1. The zero-order valence-corrected chi connectivity index (χ0v) is 20.4. The summed E-state index contributed by atoms with van der Waals surface area (Å²) in [6.45, 7) is 0.807. The highest BCUT2D eigenvalue weighted by Gasteiger charge is 2.52. The van der Waals surface area contributed by atoms with Gasteiger partial charge in [-0.05, 0) is 79.1 Å². The Morgan fingerprint density at radius 1 is 0.943 bits per heavy atom. The molecule has 1 aliphatic rings. The molecule has 0 saturated carbocycles. The van der Waals surface area contributed by atoms with Crippen LogP contribution < -0.4 is 10.2 Å². The molecule has 35 heavy (non-hydrogen) atoms. The molecule has 1 saturated heterocycles. The number of hydroxylamine groups is 1. The van der Waals surface area contributed by atoms with Crippen LogP contribution >= 0.6 is 0 Å². The first-order chi connectivity index (χ1) is 17.0. The van der Waals surface area contributed by atoms with Gasteiger partial charge in [-0.15, -0.1) is 0 Å². The maximum Gasteiger partial charge on any atom is 0.265 e. The number of sulfone groups is 1. The van der Waals surface area contributed by atoms with Crippen LogP contribution in [0.4, 0.5) is 0 Å². The smallest absolute Gasteiger partial charge is 0.265 e. The number of fused-ring (bicyclic) bond motifs is 1. The lowest BCUT2D eigenvalue weighted by molar-refractivity contribution is -0.134.